The SMILES string of the molecule is CCCOCCCc1c[c]cc(OC)c1OC. The van der Waals surface area contributed by atoms with Crippen molar-refractivity contribution in [2.45, 2.75) is 26.2 Å². The predicted octanol–water partition coefficient (Wildman–Crippen LogP) is 2.86. The predicted molar refractivity (Wildman–Crippen MR) is 67.8 cm³/mol. The van der Waals surface area contributed by atoms with Crippen LogP contribution in [0.15, 0.2) is 12.1 Å². The van der Waals surface area contributed by atoms with Crippen LogP contribution in [0.2, 0.25) is 0 Å². The Labute approximate surface area is 104 Å². The lowest BCUT2D eigenvalue weighted by Crippen LogP contribution is -2.00. The van der Waals surface area contributed by atoms with E-state index in [9.17, 15) is 0 Å². The molecule has 0 aliphatic carbocycles. The van der Waals surface area contributed by atoms with Crippen molar-refractivity contribution in [2.75, 3.05) is 27.4 Å². The number of hydrogen-bond donors (Lipinski definition) is 0. The highest BCUT2D eigenvalue weighted by molar-refractivity contribution is 5.46. The van der Waals surface area contributed by atoms with Crippen molar-refractivity contribution in [1.29, 1.82) is 0 Å². The highest BCUT2D eigenvalue weighted by Crippen LogP contribution is 2.31. The molecule has 0 aliphatic rings. The number of ether oxygens (including phenoxy) is 3. The van der Waals surface area contributed by atoms with Gasteiger partial charge < -0.3 is 14.2 Å². The Morgan fingerprint density at radius 2 is 1.94 bits per heavy atom. The van der Waals surface area contributed by atoms with E-state index in [1.807, 2.05) is 6.07 Å². The summed E-state index contributed by atoms with van der Waals surface area (Å²) in [6.45, 7) is 3.73. The topological polar surface area (TPSA) is 27.7 Å². The molecule has 17 heavy (non-hydrogen) atoms. The summed E-state index contributed by atoms with van der Waals surface area (Å²) in [4.78, 5) is 0. The van der Waals surface area contributed by atoms with E-state index in [0.717, 1.165) is 49.5 Å². The van der Waals surface area contributed by atoms with Crippen LogP contribution in [0.4, 0.5) is 0 Å². The van der Waals surface area contributed by atoms with Gasteiger partial charge in [0.2, 0.25) is 0 Å². The highest BCUT2D eigenvalue weighted by atomic mass is 16.5. The van der Waals surface area contributed by atoms with E-state index in [-0.39, 0.29) is 0 Å². The molecule has 0 bridgehead atoms. The van der Waals surface area contributed by atoms with E-state index in [0.29, 0.717) is 0 Å². The van der Waals surface area contributed by atoms with Crippen molar-refractivity contribution in [3.05, 3.63) is 23.8 Å². The molecule has 95 valence electrons. The van der Waals surface area contributed by atoms with Gasteiger partial charge in [-0.1, -0.05) is 6.92 Å². The summed E-state index contributed by atoms with van der Waals surface area (Å²) >= 11 is 0. The molecular formula is C14H21O3. The van der Waals surface area contributed by atoms with Crippen LogP contribution in [0.25, 0.3) is 0 Å². The largest absolute Gasteiger partial charge is 0.493 e. The number of hydrogen-bond acceptors (Lipinski definition) is 3. The lowest BCUT2D eigenvalue weighted by Gasteiger charge is -2.12. The van der Waals surface area contributed by atoms with Crippen LogP contribution in [-0.4, -0.2) is 27.4 Å². The quantitative estimate of drug-likeness (QED) is 0.651. The summed E-state index contributed by atoms with van der Waals surface area (Å²) in [5.41, 5.74) is 1.12. The molecule has 0 spiro atoms. The lowest BCUT2D eigenvalue weighted by atomic mass is 10.1. The first-order chi connectivity index (χ1) is 8.33. The molecule has 0 fully saturated rings. The van der Waals surface area contributed by atoms with Gasteiger partial charge in [0.15, 0.2) is 11.5 Å². The summed E-state index contributed by atoms with van der Waals surface area (Å²) in [7, 11) is 3.30. The third-order valence-electron chi connectivity index (χ3n) is 2.49. The van der Waals surface area contributed by atoms with Crippen LogP contribution in [0, 0.1) is 6.07 Å². The molecular weight excluding hydrogens is 216 g/mol. The van der Waals surface area contributed by atoms with E-state index >= 15 is 0 Å². The molecule has 0 aromatic heterocycles. The van der Waals surface area contributed by atoms with Gasteiger partial charge in [0.05, 0.1) is 14.2 Å². The molecule has 1 rings (SSSR count). The third kappa shape index (κ3) is 4.27. The van der Waals surface area contributed by atoms with E-state index in [2.05, 4.69) is 13.0 Å². The molecule has 0 heterocycles. The second kappa shape index (κ2) is 7.96. The minimum absolute atomic E-state index is 0.736. The molecule has 1 aromatic carbocycles. The van der Waals surface area contributed by atoms with Crippen molar-refractivity contribution in [1.82, 2.24) is 0 Å². The number of rotatable bonds is 8. The normalized spacial score (nSPS) is 10.3. The second-order valence-corrected chi connectivity index (χ2v) is 3.80. The van der Waals surface area contributed by atoms with Crippen LogP contribution in [-0.2, 0) is 11.2 Å². The van der Waals surface area contributed by atoms with E-state index in [1.54, 1.807) is 20.3 Å². The summed E-state index contributed by atoms with van der Waals surface area (Å²) in [5.74, 6) is 1.54. The fourth-order valence-electron chi connectivity index (χ4n) is 1.69. The van der Waals surface area contributed by atoms with Gasteiger partial charge in [0, 0.05) is 13.2 Å². The molecule has 0 unspecified atom stereocenters. The Balaban J connectivity index is 2.52. The molecule has 0 saturated heterocycles. The van der Waals surface area contributed by atoms with Gasteiger partial charge in [-0.15, -0.1) is 0 Å². The van der Waals surface area contributed by atoms with Gasteiger partial charge in [-0.2, -0.15) is 0 Å². The first-order valence-electron chi connectivity index (χ1n) is 6.02. The molecule has 3 nitrogen and oxygen atoms in total. The van der Waals surface area contributed by atoms with E-state index < -0.39 is 0 Å². The fraction of sp³-hybridized carbons (Fsp3) is 0.571. The van der Waals surface area contributed by atoms with Crippen LogP contribution >= 0.6 is 0 Å². The van der Waals surface area contributed by atoms with Crippen molar-refractivity contribution < 1.29 is 14.2 Å². The number of benzene rings is 1. The van der Waals surface area contributed by atoms with Crippen molar-refractivity contribution in [3.8, 4) is 11.5 Å². The van der Waals surface area contributed by atoms with Gasteiger partial charge in [-0.05, 0) is 43.0 Å². The molecule has 0 atom stereocenters. The smallest absolute Gasteiger partial charge is 0.163 e. The summed E-state index contributed by atoms with van der Waals surface area (Å²) in [6.07, 6.45) is 2.97. The Kier molecular flexibility index (Phi) is 6.48. The molecule has 1 radical (unpaired) electrons. The number of methoxy groups -OCH3 is 2. The summed E-state index contributed by atoms with van der Waals surface area (Å²) in [5, 5.41) is 0. The van der Waals surface area contributed by atoms with Gasteiger partial charge in [0.1, 0.15) is 0 Å². The van der Waals surface area contributed by atoms with Gasteiger partial charge >= 0.3 is 0 Å². The maximum Gasteiger partial charge on any atom is 0.163 e. The first-order valence-corrected chi connectivity index (χ1v) is 6.02. The zero-order valence-corrected chi connectivity index (χ0v) is 10.9. The second-order valence-electron chi connectivity index (χ2n) is 3.80. The van der Waals surface area contributed by atoms with Crippen LogP contribution < -0.4 is 9.47 Å². The Bertz CT molecular complexity index is 323. The van der Waals surface area contributed by atoms with Crippen molar-refractivity contribution >= 4 is 0 Å². The molecule has 3 heteroatoms. The Morgan fingerprint density at radius 3 is 2.59 bits per heavy atom. The average Bonchev–Trinajstić information content (AvgIpc) is 2.38. The van der Waals surface area contributed by atoms with Gasteiger partial charge in [0.25, 0.3) is 0 Å². The lowest BCUT2D eigenvalue weighted by molar-refractivity contribution is 0.132. The molecule has 0 N–H and O–H groups in total. The van der Waals surface area contributed by atoms with Gasteiger partial charge in [-0.3, -0.25) is 0 Å². The Hall–Kier alpha value is -1.22. The Morgan fingerprint density at radius 1 is 1.12 bits per heavy atom. The minimum atomic E-state index is 0.736. The average molecular weight is 237 g/mol. The van der Waals surface area contributed by atoms with E-state index in [1.165, 1.54) is 0 Å². The maximum atomic E-state index is 5.45. The van der Waals surface area contributed by atoms with Crippen LogP contribution in [0.1, 0.15) is 25.3 Å². The molecule has 1 aromatic rings. The summed E-state index contributed by atoms with van der Waals surface area (Å²) < 4.78 is 16.0. The zero-order valence-electron chi connectivity index (χ0n) is 10.9. The van der Waals surface area contributed by atoms with Gasteiger partial charge in [-0.25, -0.2) is 0 Å². The number of aryl methyl sites for hydroxylation is 1. The van der Waals surface area contributed by atoms with Crippen LogP contribution in [0.3, 0.4) is 0 Å². The van der Waals surface area contributed by atoms with Crippen LogP contribution in [0.5, 0.6) is 11.5 Å². The first kappa shape index (κ1) is 13.8. The molecule has 0 saturated carbocycles. The van der Waals surface area contributed by atoms with Crippen molar-refractivity contribution in [3.63, 3.8) is 0 Å². The molecule has 0 amide bonds. The highest BCUT2D eigenvalue weighted by Gasteiger charge is 2.08. The monoisotopic (exact) mass is 237 g/mol. The third-order valence-corrected chi connectivity index (χ3v) is 2.49. The summed E-state index contributed by atoms with van der Waals surface area (Å²) in [6, 6.07) is 6.79. The maximum absolute atomic E-state index is 5.45. The molecule has 0 aliphatic heterocycles. The fourth-order valence-corrected chi connectivity index (χ4v) is 1.69. The minimum Gasteiger partial charge on any atom is -0.493 e. The standard InChI is InChI=1S/C14H21O3/c1-4-10-17-11-6-8-12-7-5-9-13(15-2)14(12)16-3/h7,9H,4,6,8,10-11H2,1-3H3. The van der Waals surface area contributed by atoms with Crippen molar-refractivity contribution in [2.24, 2.45) is 0 Å². The van der Waals surface area contributed by atoms with E-state index in [4.69, 9.17) is 14.2 Å². The zero-order chi connectivity index (χ0) is 12.5.